The second-order valence-corrected chi connectivity index (χ2v) is 6.03. The van der Waals surface area contributed by atoms with Gasteiger partial charge in [0, 0.05) is 23.6 Å². The first kappa shape index (κ1) is 18.8. The molecule has 1 aromatic carbocycles. The number of rotatable bonds is 4. The number of benzene rings is 1. The number of carboxylic acid groups (broad SMARTS) is 1. The van der Waals surface area contributed by atoms with Crippen LogP contribution in [0, 0.1) is 29.8 Å². The topological polar surface area (TPSA) is 60.8 Å². The van der Waals surface area contributed by atoms with E-state index in [0.29, 0.717) is 12.1 Å². The van der Waals surface area contributed by atoms with Crippen molar-refractivity contribution in [1.29, 1.82) is 0 Å². The van der Waals surface area contributed by atoms with E-state index >= 15 is 0 Å². The molecule has 7 heteroatoms. The average molecular weight is 329 g/mol. The highest BCUT2D eigenvalue weighted by molar-refractivity contribution is 5.66. The van der Waals surface area contributed by atoms with Crippen molar-refractivity contribution in [2.45, 2.75) is 44.9 Å². The molecule has 1 amide bonds. The first-order valence-corrected chi connectivity index (χ1v) is 6.79. The molecule has 0 aromatic heterocycles. The standard InChI is InChI=1S/C16H18F3NO3/c1-5-6-13(20(15(22)23)16(2,3)4)14(21)9-7-11(18)12(19)8-10(9)17/h1,7-8,13-14,21H,6H2,2-4H3,(H,22,23)/t13-,14+/m0/s1. The van der Waals surface area contributed by atoms with Gasteiger partial charge in [0.1, 0.15) is 11.9 Å². The fourth-order valence-electron chi connectivity index (χ4n) is 2.36. The summed E-state index contributed by atoms with van der Waals surface area (Å²) in [5.74, 6) is -1.72. The molecule has 0 fully saturated rings. The minimum Gasteiger partial charge on any atom is -0.465 e. The lowest BCUT2D eigenvalue weighted by atomic mass is 9.93. The summed E-state index contributed by atoms with van der Waals surface area (Å²) >= 11 is 0. The van der Waals surface area contributed by atoms with E-state index in [1.54, 1.807) is 20.8 Å². The summed E-state index contributed by atoms with van der Waals surface area (Å²) in [7, 11) is 0. The number of terminal acetylenes is 1. The molecule has 23 heavy (non-hydrogen) atoms. The van der Waals surface area contributed by atoms with Gasteiger partial charge in [0.2, 0.25) is 0 Å². The van der Waals surface area contributed by atoms with Crippen LogP contribution in [0.3, 0.4) is 0 Å². The monoisotopic (exact) mass is 329 g/mol. The summed E-state index contributed by atoms with van der Waals surface area (Å²) in [4.78, 5) is 12.4. The van der Waals surface area contributed by atoms with Gasteiger partial charge in [0.25, 0.3) is 0 Å². The van der Waals surface area contributed by atoms with Crippen LogP contribution < -0.4 is 0 Å². The lowest BCUT2D eigenvalue weighted by Gasteiger charge is -2.41. The van der Waals surface area contributed by atoms with Crippen molar-refractivity contribution in [2.75, 3.05) is 0 Å². The predicted octanol–water partition coefficient (Wildman–Crippen LogP) is 3.31. The highest BCUT2D eigenvalue weighted by Crippen LogP contribution is 2.31. The van der Waals surface area contributed by atoms with E-state index in [0.717, 1.165) is 4.90 Å². The molecule has 126 valence electrons. The van der Waals surface area contributed by atoms with Gasteiger partial charge in [-0.15, -0.1) is 12.3 Å². The van der Waals surface area contributed by atoms with Gasteiger partial charge in [-0.2, -0.15) is 0 Å². The van der Waals surface area contributed by atoms with Crippen LogP contribution in [0.1, 0.15) is 38.9 Å². The maximum absolute atomic E-state index is 13.9. The van der Waals surface area contributed by atoms with Crippen molar-refractivity contribution < 1.29 is 28.2 Å². The van der Waals surface area contributed by atoms with Gasteiger partial charge < -0.3 is 10.2 Å². The van der Waals surface area contributed by atoms with Crippen LogP contribution >= 0.6 is 0 Å². The molecule has 0 aliphatic carbocycles. The molecule has 0 spiro atoms. The Morgan fingerprint density at radius 1 is 1.26 bits per heavy atom. The van der Waals surface area contributed by atoms with Gasteiger partial charge in [0.15, 0.2) is 11.6 Å². The zero-order valence-corrected chi connectivity index (χ0v) is 13.0. The van der Waals surface area contributed by atoms with Crippen LogP contribution in [0.2, 0.25) is 0 Å². The first-order chi connectivity index (χ1) is 10.5. The Morgan fingerprint density at radius 2 is 1.78 bits per heavy atom. The molecule has 0 saturated heterocycles. The smallest absolute Gasteiger partial charge is 0.408 e. The third kappa shape index (κ3) is 4.17. The number of hydrogen-bond acceptors (Lipinski definition) is 2. The maximum Gasteiger partial charge on any atom is 0.408 e. The van der Waals surface area contributed by atoms with Crippen molar-refractivity contribution in [3.63, 3.8) is 0 Å². The number of aliphatic hydroxyl groups is 1. The first-order valence-electron chi connectivity index (χ1n) is 6.79. The molecule has 1 aromatic rings. The molecule has 4 nitrogen and oxygen atoms in total. The van der Waals surface area contributed by atoms with Crippen LogP contribution in [0.25, 0.3) is 0 Å². The summed E-state index contributed by atoms with van der Waals surface area (Å²) in [5, 5.41) is 19.7. The molecule has 2 N–H and O–H groups in total. The van der Waals surface area contributed by atoms with Crippen molar-refractivity contribution in [1.82, 2.24) is 4.90 Å². The van der Waals surface area contributed by atoms with Crippen LogP contribution in [-0.4, -0.2) is 32.8 Å². The molecule has 0 aliphatic rings. The van der Waals surface area contributed by atoms with Crippen molar-refractivity contribution in [2.24, 2.45) is 0 Å². The number of aliphatic hydroxyl groups excluding tert-OH is 1. The van der Waals surface area contributed by atoms with Crippen molar-refractivity contribution in [3.05, 3.63) is 35.1 Å². The lowest BCUT2D eigenvalue weighted by Crippen LogP contribution is -2.53. The van der Waals surface area contributed by atoms with Gasteiger partial charge in [-0.1, -0.05) is 0 Å². The van der Waals surface area contributed by atoms with Gasteiger partial charge in [-0.25, -0.2) is 18.0 Å². The predicted molar refractivity (Wildman–Crippen MR) is 78.1 cm³/mol. The minimum atomic E-state index is -1.75. The van der Waals surface area contributed by atoms with E-state index in [-0.39, 0.29) is 6.42 Å². The Hall–Kier alpha value is -2.20. The molecular weight excluding hydrogens is 311 g/mol. The molecule has 1 rings (SSSR count). The molecule has 0 radical (unpaired) electrons. The summed E-state index contributed by atoms with van der Waals surface area (Å²) in [6, 6.07) is -0.429. The van der Waals surface area contributed by atoms with Crippen molar-refractivity contribution >= 4 is 6.09 Å². The quantitative estimate of drug-likeness (QED) is 0.658. The van der Waals surface area contributed by atoms with Gasteiger partial charge >= 0.3 is 6.09 Å². The third-order valence-corrected chi connectivity index (χ3v) is 3.31. The molecule has 0 unspecified atom stereocenters. The van der Waals surface area contributed by atoms with Gasteiger partial charge in [-0.05, 0) is 26.8 Å². The van der Waals surface area contributed by atoms with Gasteiger partial charge in [0.05, 0.1) is 6.04 Å². The molecule has 0 saturated carbocycles. The SMILES string of the molecule is C#CC[C@@H]([C@H](O)c1cc(F)c(F)cc1F)N(C(=O)O)C(C)(C)C. The van der Waals surface area contributed by atoms with Crippen LogP contribution in [-0.2, 0) is 0 Å². The van der Waals surface area contributed by atoms with E-state index in [9.17, 15) is 28.2 Å². The largest absolute Gasteiger partial charge is 0.465 e. The number of carbonyl (C=O) groups is 1. The Kier molecular flexibility index (Phi) is 5.67. The van der Waals surface area contributed by atoms with E-state index in [4.69, 9.17) is 6.42 Å². The van der Waals surface area contributed by atoms with Crippen LogP contribution in [0.5, 0.6) is 0 Å². The Morgan fingerprint density at radius 3 is 2.22 bits per heavy atom. The zero-order chi connectivity index (χ0) is 17.9. The fourth-order valence-corrected chi connectivity index (χ4v) is 2.36. The second-order valence-electron chi connectivity index (χ2n) is 6.03. The summed E-state index contributed by atoms with van der Waals surface area (Å²) in [5.41, 5.74) is -1.51. The normalized spacial score (nSPS) is 14.0. The number of hydrogen-bond donors (Lipinski definition) is 2. The Balaban J connectivity index is 3.37. The molecule has 0 heterocycles. The lowest BCUT2D eigenvalue weighted by molar-refractivity contribution is 0.00688. The fraction of sp³-hybridized carbons (Fsp3) is 0.438. The zero-order valence-electron chi connectivity index (χ0n) is 13.0. The Bertz CT molecular complexity index is 635. The summed E-state index contributed by atoms with van der Waals surface area (Å²) < 4.78 is 40.2. The van der Waals surface area contributed by atoms with Crippen LogP contribution in [0.4, 0.5) is 18.0 Å². The van der Waals surface area contributed by atoms with Crippen LogP contribution in [0.15, 0.2) is 12.1 Å². The summed E-state index contributed by atoms with van der Waals surface area (Å²) in [6.07, 6.45) is 1.85. The summed E-state index contributed by atoms with van der Waals surface area (Å²) in [6.45, 7) is 4.71. The molecule has 2 atom stereocenters. The number of halogens is 3. The van der Waals surface area contributed by atoms with E-state index in [1.807, 2.05) is 0 Å². The third-order valence-electron chi connectivity index (χ3n) is 3.31. The van der Waals surface area contributed by atoms with Gasteiger partial charge in [-0.3, -0.25) is 4.90 Å². The number of nitrogens with zero attached hydrogens (tertiary/aromatic N) is 1. The van der Waals surface area contributed by atoms with Crippen molar-refractivity contribution in [3.8, 4) is 12.3 Å². The number of amides is 1. The molecule has 0 aliphatic heterocycles. The highest BCUT2D eigenvalue weighted by Gasteiger charge is 2.38. The van der Waals surface area contributed by atoms with E-state index in [2.05, 4.69) is 5.92 Å². The Labute approximate surface area is 132 Å². The van der Waals surface area contributed by atoms with E-state index < -0.39 is 46.8 Å². The molecule has 0 bridgehead atoms. The maximum atomic E-state index is 13.9. The van der Waals surface area contributed by atoms with E-state index in [1.165, 1.54) is 0 Å². The minimum absolute atomic E-state index is 0.233. The average Bonchev–Trinajstić information content (AvgIpc) is 2.39. The second kappa shape index (κ2) is 6.92. The molecular formula is C16H18F3NO3. The highest BCUT2D eigenvalue weighted by atomic mass is 19.2.